The second-order valence-corrected chi connectivity index (χ2v) is 12.3. The van der Waals surface area contributed by atoms with Crippen molar-refractivity contribution >= 4 is 23.5 Å². The number of hydrogen-bond acceptors (Lipinski definition) is 6. The highest BCUT2D eigenvalue weighted by Gasteiger charge is 2.37. The molecule has 0 saturated carbocycles. The number of anilines is 1. The number of alkyl halides is 9. The molecular weight excluding hydrogens is 733 g/mol. The van der Waals surface area contributed by atoms with Crippen LogP contribution in [0, 0.1) is 0 Å². The molecule has 0 atom stereocenters. The maximum absolute atomic E-state index is 14.2. The molecule has 0 bridgehead atoms. The first kappa shape index (κ1) is 40.0. The molecule has 3 aromatic carbocycles. The molecule has 4 rings (SSSR count). The van der Waals surface area contributed by atoms with Crippen LogP contribution >= 0.6 is 11.6 Å². The maximum Gasteiger partial charge on any atom is 0.416 e. The van der Waals surface area contributed by atoms with Crippen LogP contribution in [0.25, 0.3) is 11.1 Å². The van der Waals surface area contributed by atoms with Gasteiger partial charge in [0, 0.05) is 35.7 Å². The van der Waals surface area contributed by atoms with E-state index < -0.39 is 59.8 Å². The minimum absolute atomic E-state index is 0.0418. The van der Waals surface area contributed by atoms with Gasteiger partial charge in [-0.25, -0.2) is 9.97 Å². The number of hydrogen-bond donors (Lipinski definition) is 1. The zero-order valence-corrected chi connectivity index (χ0v) is 28.4. The molecule has 1 aromatic heterocycles. The number of nitrogens with zero attached hydrogens (tertiary/aromatic N) is 3. The second kappa shape index (κ2) is 15.9. The highest BCUT2D eigenvalue weighted by atomic mass is 35.5. The second-order valence-electron chi connectivity index (χ2n) is 11.9. The SMILES string of the molecule is COc1ccc(C(C)C)cc1-c1c(Cl)cc(C(F)(F)F)cc1CN(Cc1cc(C(F)(F)F)cc(C(F)(F)F)c1)c1ncc(OCCCC(=O)O)cn1. The molecule has 0 aliphatic carbocycles. The van der Waals surface area contributed by atoms with Crippen molar-refractivity contribution in [1.82, 2.24) is 9.97 Å². The first-order valence-corrected chi connectivity index (χ1v) is 15.8. The summed E-state index contributed by atoms with van der Waals surface area (Å²) in [5.74, 6) is -1.12. The van der Waals surface area contributed by atoms with Gasteiger partial charge in [-0.15, -0.1) is 0 Å². The molecule has 0 amide bonds. The lowest BCUT2D eigenvalue weighted by Gasteiger charge is -2.27. The molecule has 0 fully saturated rings. The summed E-state index contributed by atoms with van der Waals surface area (Å²) in [6.45, 7) is 2.38. The van der Waals surface area contributed by atoms with E-state index in [0.29, 0.717) is 18.2 Å². The van der Waals surface area contributed by atoms with Gasteiger partial charge < -0.3 is 19.5 Å². The fourth-order valence-electron chi connectivity index (χ4n) is 5.23. The van der Waals surface area contributed by atoms with Gasteiger partial charge in [0.25, 0.3) is 0 Å². The van der Waals surface area contributed by atoms with Crippen molar-refractivity contribution in [3.05, 3.63) is 99.3 Å². The van der Waals surface area contributed by atoms with E-state index in [1.54, 1.807) is 18.2 Å². The standard InChI is InChI=1S/C35H31ClF9N3O4/c1-19(2)21-6-7-29(51-3)27(12-21)31-22(11-25(14-28(31)36)35(43,44)45)18-48(32-46-15-26(16-47-32)52-8-4-5-30(49)50)17-20-9-23(33(37,38)39)13-24(10-20)34(40,41)42/h6-7,9-16,19H,4-5,8,17-18H2,1-3H3,(H,49,50). The van der Waals surface area contributed by atoms with E-state index in [1.807, 2.05) is 13.8 Å². The molecule has 0 spiro atoms. The number of benzene rings is 3. The smallest absolute Gasteiger partial charge is 0.416 e. The Balaban J connectivity index is 1.91. The predicted molar refractivity (Wildman–Crippen MR) is 173 cm³/mol. The molecule has 0 aliphatic heterocycles. The normalized spacial score (nSPS) is 12.3. The van der Waals surface area contributed by atoms with E-state index in [9.17, 15) is 44.3 Å². The molecule has 7 nitrogen and oxygen atoms in total. The summed E-state index contributed by atoms with van der Waals surface area (Å²) >= 11 is 6.56. The van der Waals surface area contributed by atoms with Gasteiger partial charge in [0.2, 0.25) is 5.95 Å². The third-order valence-corrected chi connectivity index (χ3v) is 8.04. The van der Waals surface area contributed by atoms with Gasteiger partial charge in [0.05, 0.1) is 42.8 Å². The minimum Gasteiger partial charge on any atom is -0.496 e. The fourth-order valence-corrected chi connectivity index (χ4v) is 5.57. The largest absolute Gasteiger partial charge is 0.496 e. The Labute approximate surface area is 297 Å². The number of halogens is 10. The number of aliphatic carboxylic acids is 1. The van der Waals surface area contributed by atoms with E-state index in [2.05, 4.69) is 9.97 Å². The Hall–Kier alpha value is -4.73. The first-order valence-electron chi connectivity index (χ1n) is 15.4. The first-order chi connectivity index (χ1) is 24.2. The Kier molecular flexibility index (Phi) is 12.2. The molecule has 0 unspecified atom stereocenters. The number of aromatic nitrogens is 2. The summed E-state index contributed by atoms with van der Waals surface area (Å²) in [7, 11) is 1.34. The van der Waals surface area contributed by atoms with Crippen molar-refractivity contribution in [2.45, 2.75) is 64.2 Å². The number of carboxylic acids is 1. The van der Waals surface area contributed by atoms with Crippen LogP contribution in [-0.4, -0.2) is 34.8 Å². The van der Waals surface area contributed by atoms with Crippen LogP contribution in [0.1, 0.15) is 66.0 Å². The zero-order chi connectivity index (χ0) is 38.6. The van der Waals surface area contributed by atoms with Gasteiger partial charge in [0.1, 0.15) is 5.75 Å². The molecule has 0 aliphatic rings. The topological polar surface area (TPSA) is 84.8 Å². The van der Waals surface area contributed by atoms with E-state index in [4.69, 9.17) is 26.2 Å². The molecule has 0 saturated heterocycles. The summed E-state index contributed by atoms with van der Waals surface area (Å²) in [6, 6.07) is 7.46. The third kappa shape index (κ3) is 10.2. The lowest BCUT2D eigenvalue weighted by molar-refractivity contribution is -0.143. The van der Waals surface area contributed by atoms with E-state index in [1.165, 1.54) is 7.11 Å². The van der Waals surface area contributed by atoms with Crippen molar-refractivity contribution in [3.8, 4) is 22.6 Å². The summed E-state index contributed by atoms with van der Waals surface area (Å²) in [6.07, 6.45) is -13.1. The maximum atomic E-state index is 14.2. The molecule has 4 aromatic rings. The Morgan fingerprint density at radius 1 is 0.846 bits per heavy atom. The summed E-state index contributed by atoms with van der Waals surface area (Å²) < 4.78 is 136. The van der Waals surface area contributed by atoms with Crippen molar-refractivity contribution in [1.29, 1.82) is 0 Å². The van der Waals surface area contributed by atoms with Crippen LogP contribution in [0.5, 0.6) is 11.5 Å². The quantitative estimate of drug-likeness (QED) is 0.107. The lowest BCUT2D eigenvalue weighted by atomic mass is 9.92. The summed E-state index contributed by atoms with van der Waals surface area (Å²) in [5.41, 5.74) is -3.87. The monoisotopic (exact) mass is 763 g/mol. The lowest BCUT2D eigenvalue weighted by Crippen LogP contribution is -2.26. The Morgan fingerprint density at radius 2 is 1.42 bits per heavy atom. The molecule has 0 radical (unpaired) electrons. The highest BCUT2D eigenvalue weighted by molar-refractivity contribution is 6.33. The van der Waals surface area contributed by atoms with Crippen molar-refractivity contribution < 1.29 is 58.9 Å². The Bertz CT molecular complexity index is 1850. The van der Waals surface area contributed by atoms with Gasteiger partial charge in [-0.2, -0.15) is 39.5 Å². The van der Waals surface area contributed by atoms with E-state index in [-0.39, 0.29) is 70.6 Å². The van der Waals surface area contributed by atoms with Crippen LogP contribution in [0.2, 0.25) is 5.02 Å². The molecular formula is C35H31ClF9N3O4. The van der Waals surface area contributed by atoms with Gasteiger partial charge in [-0.05, 0) is 71.5 Å². The van der Waals surface area contributed by atoms with E-state index in [0.717, 1.165) is 28.9 Å². The third-order valence-electron chi connectivity index (χ3n) is 7.74. The van der Waals surface area contributed by atoms with Gasteiger partial charge in [0.15, 0.2) is 5.75 Å². The fraction of sp³-hybridized carbons (Fsp3) is 0.343. The molecule has 280 valence electrons. The summed E-state index contributed by atoms with van der Waals surface area (Å²) in [5, 5.41) is 8.47. The summed E-state index contributed by atoms with van der Waals surface area (Å²) in [4.78, 5) is 20.2. The molecule has 52 heavy (non-hydrogen) atoms. The van der Waals surface area contributed by atoms with Crippen molar-refractivity contribution in [3.63, 3.8) is 0 Å². The van der Waals surface area contributed by atoms with E-state index >= 15 is 0 Å². The van der Waals surface area contributed by atoms with Crippen LogP contribution in [0.4, 0.5) is 45.5 Å². The number of carbonyl (C=O) groups is 1. The molecule has 1 heterocycles. The van der Waals surface area contributed by atoms with Gasteiger partial charge >= 0.3 is 24.5 Å². The number of ether oxygens (including phenoxy) is 2. The highest BCUT2D eigenvalue weighted by Crippen LogP contribution is 2.44. The Morgan fingerprint density at radius 3 is 1.94 bits per heavy atom. The average molecular weight is 764 g/mol. The molecule has 17 heteroatoms. The van der Waals surface area contributed by atoms with Gasteiger partial charge in [-0.3, -0.25) is 4.79 Å². The van der Waals surface area contributed by atoms with Crippen LogP contribution < -0.4 is 14.4 Å². The number of carboxylic acid groups (broad SMARTS) is 1. The van der Waals surface area contributed by atoms with Crippen LogP contribution in [-0.2, 0) is 36.4 Å². The van der Waals surface area contributed by atoms with Crippen molar-refractivity contribution in [2.24, 2.45) is 0 Å². The van der Waals surface area contributed by atoms with Crippen LogP contribution in [0.15, 0.2) is 60.9 Å². The van der Waals surface area contributed by atoms with Gasteiger partial charge in [-0.1, -0.05) is 31.5 Å². The number of methoxy groups -OCH3 is 1. The zero-order valence-electron chi connectivity index (χ0n) is 27.7. The predicted octanol–water partition coefficient (Wildman–Crippen LogP) is 10.4. The van der Waals surface area contributed by atoms with Crippen LogP contribution in [0.3, 0.4) is 0 Å². The minimum atomic E-state index is -5.17. The molecule has 1 N–H and O–H groups in total. The average Bonchev–Trinajstić information content (AvgIpc) is 3.05. The van der Waals surface area contributed by atoms with Crippen molar-refractivity contribution in [2.75, 3.05) is 18.6 Å². The number of rotatable bonds is 13.